The first-order valence-electron chi connectivity index (χ1n) is 15.8. The molecule has 2 fully saturated rings. The number of hydrogen-bond acceptors (Lipinski definition) is 7. The maximum atomic E-state index is 14.1. The Morgan fingerprint density at radius 2 is 1.80 bits per heavy atom. The van der Waals surface area contributed by atoms with E-state index < -0.39 is 0 Å². The lowest BCUT2D eigenvalue weighted by Gasteiger charge is -2.31. The number of anilines is 3. The maximum absolute atomic E-state index is 14.1. The van der Waals surface area contributed by atoms with Crippen LogP contribution in [0.4, 0.5) is 21.6 Å². The standard InChI is InChI=1S/C36H37FN6O3/c37-26-3-1-2-23(19-26)18-25-20-32-34(22-31(25)24-4-7-29(44)8-5-24)41-42-35(32)40-36(45)30-9-6-28(43-14-12-38-13-15-43)21-33(30)39-27-10-16-46-17-11-27/h1-9,19-22,27,38-39,44H,10-18H2,(H2,40,41,42,45). The Hall–Kier alpha value is -4.93. The highest BCUT2D eigenvalue weighted by molar-refractivity contribution is 6.11. The van der Waals surface area contributed by atoms with E-state index in [-0.39, 0.29) is 23.5 Å². The van der Waals surface area contributed by atoms with Gasteiger partial charge in [0.05, 0.1) is 11.1 Å². The summed E-state index contributed by atoms with van der Waals surface area (Å²) >= 11 is 0. The molecule has 0 atom stereocenters. The van der Waals surface area contributed by atoms with E-state index in [1.165, 1.54) is 12.1 Å². The molecule has 0 saturated carbocycles. The van der Waals surface area contributed by atoms with Gasteiger partial charge in [-0.2, -0.15) is 5.10 Å². The Labute approximate surface area is 266 Å². The number of ether oxygens (including phenoxy) is 1. The minimum Gasteiger partial charge on any atom is -0.508 e. The molecule has 46 heavy (non-hydrogen) atoms. The van der Waals surface area contributed by atoms with Gasteiger partial charge in [0.25, 0.3) is 5.91 Å². The maximum Gasteiger partial charge on any atom is 0.258 e. The second-order valence-corrected chi connectivity index (χ2v) is 11.9. The lowest BCUT2D eigenvalue weighted by atomic mass is 9.93. The van der Waals surface area contributed by atoms with Crippen LogP contribution in [-0.2, 0) is 11.2 Å². The van der Waals surface area contributed by atoms with Gasteiger partial charge in [0.1, 0.15) is 11.6 Å². The highest BCUT2D eigenvalue weighted by Gasteiger charge is 2.22. The molecule has 0 bridgehead atoms. The number of carbonyl (C=O) groups excluding carboxylic acids is 1. The number of H-pyrrole nitrogens is 1. The number of rotatable bonds is 8. The summed E-state index contributed by atoms with van der Waals surface area (Å²) in [7, 11) is 0. The van der Waals surface area contributed by atoms with Crippen LogP contribution in [0.3, 0.4) is 0 Å². The molecular weight excluding hydrogens is 583 g/mol. The van der Waals surface area contributed by atoms with Gasteiger partial charge in [-0.15, -0.1) is 0 Å². The summed E-state index contributed by atoms with van der Waals surface area (Å²) in [6.07, 6.45) is 2.22. The van der Waals surface area contributed by atoms with E-state index in [0.29, 0.717) is 31.0 Å². The number of fused-ring (bicyclic) bond motifs is 1. The Morgan fingerprint density at radius 1 is 1.00 bits per heavy atom. The SMILES string of the molecule is O=C(Nc1n[nH]c2cc(-c3ccc(O)cc3)c(Cc3cccc(F)c3)cc12)c1ccc(N2CCNCC2)cc1NC1CCOCC1. The molecule has 7 rings (SSSR count). The molecule has 2 aliphatic rings. The minimum atomic E-state index is -0.297. The van der Waals surface area contributed by atoms with Crippen LogP contribution in [0.5, 0.6) is 5.75 Å². The zero-order valence-electron chi connectivity index (χ0n) is 25.5. The van der Waals surface area contributed by atoms with Crippen LogP contribution >= 0.6 is 0 Å². The van der Waals surface area contributed by atoms with Crippen molar-refractivity contribution < 1.29 is 19.0 Å². The molecule has 3 heterocycles. The summed E-state index contributed by atoms with van der Waals surface area (Å²) in [5, 5.41) is 28.3. The average Bonchev–Trinajstić information content (AvgIpc) is 3.46. The molecule has 9 nitrogen and oxygen atoms in total. The number of phenols is 1. The fourth-order valence-corrected chi connectivity index (χ4v) is 6.33. The predicted molar refractivity (Wildman–Crippen MR) is 179 cm³/mol. The number of amides is 1. The van der Waals surface area contributed by atoms with Crippen molar-refractivity contribution in [2.75, 3.05) is 54.9 Å². The third kappa shape index (κ3) is 6.54. The van der Waals surface area contributed by atoms with Crippen molar-refractivity contribution in [1.82, 2.24) is 15.5 Å². The van der Waals surface area contributed by atoms with Gasteiger partial charge < -0.3 is 30.7 Å². The molecule has 0 unspecified atom stereocenters. The van der Waals surface area contributed by atoms with Crippen LogP contribution in [0.1, 0.15) is 34.3 Å². The van der Waals surface area contributed by atoms with E-state index in [1.54, 1.807) is 18.2 Å². The summed E-state index contributed by atoms with van der Waals surface area (Å²) in [5.41, 5.74) is 6.75. The van der Waals surface area contributed by atoms with Gasteiger partial charge in [-0.1, -0.05) is 24.3 Å². The van der Waals surface area contributed by atoms with Gasteiger partial charge in [-0.3, -0.25) is 9.89 Å². The molecule has 0 spiro atoms. The zero-order chi connectivity index (χ0) is 31.5. The summed E-state index contributed by atoms with van der Waals surface area (Å²) < 4.78 is 19.7. The predicted octanol–water partition coefficient (Wildman–Crippen LogP) is 5.92. The van der Waals surface area contributed by atoms with Crippen molar-refractivity contribution in [1.29, 1.82) is 0 Å². The number of nitrogens with zero attached hydrogens (tertiary/aromatic N) is 2. The molecule has 1 aromatic heterocycles. The number of nitrogens with one attached hydrogen (secondary N) is 4. The molecule has 5 N–H and O–H groups in total. The van der Waals surface area contributed by atoms with Crippen LogP contribution in [0.2, 0.25) is 0 Å². The quantitative estimate of drug-likeness (QED) is 0.146. The zero-order valence-corrected chi connectivity index (χ0v) is 25.5. The largest absolute Gasteiger partial charge is 0.508 e. The number of hydrogen-bond donors (Lipinski definition) is 5. The van der Waals surface area contributed by atoms with Crippen molar-refractivity contribution >= 4 is 34.0 Å². The molecule has 10 heteroatoms. The second kappa shape index (κ2) is 13.2. The average molecular weight is 621 g/mol. The van der Waals surface area contributed by atoms with Crippen LogP contribution < -0.4 is 20.9 Å². The van der Waals surface area contributed by atoms with Crippen LogP contribution in [0.25, 0.3) is 22.0 Å². The first-order chi connectivity index (χ1) is 22.5. The molecule has 0 aliphatic carbocycles. The third-order valence-electron chi connectivity index (χ3n) is 8.79. The van der Waals surface area contributed by atoms with Crippen LogP contribution in [0, 0.1) is 5.82 Å². The van der Waals surface area contributed by atoms with E-state index in [0.717, 1.165) is 83.6 Å². The Balaban J connectivity index is 1.22. The summed E-state index contributed by atoms with van der Waals surface area (Å²) in [5.74, 6) is 0.0360. The van der Waals surface area contributed by atoms with E-state index >= 15 is 0 Å². The molecular formula is C36H37FN6O3. The fraction of sp³-hybridized carbons (Fsp3) is 0.278. The first kappa shape index (κ1) is 29.8. The lowest BCUT2D eigenvalue weighted by molar-refractivity contribution is 0.0904. The Morgan fingerprint density at radius 3 is 2.59 bits per heavy atom. The number of aromatic amines is 1. The van der Waals surface area contributed by atoms with Crippen molar-refractivity contribution in [3.8, 4) is 16.9 Å². The smallest absolute Gasteiger partial charge is 0.258 e. The second-order valence-electron chi connectivity index (χ2n) is 11.9. The lowest BCUT2D eigenvalue weighted by Crippen LogP contribution is -2.43. The van der Waals surface area contributed by atoms with Crippen molar-refractivity contribution in [3.05, 3.63) is 101 Å². The normalized spacial score (nSPS) is 15.6. The number of aromatic hydroxyl groups is 1. The van der Waals surface area contributed by atoms with Gasteiger partial charge in [0.2, 0.25) is 0 Å². The number of halogens is 1. The van der Waals surface area contributed by atoms with E-state index in [2.05, 4.69) is 37.1 Å². The molecule has 2 aliphatic heterocycles. The number of carbonyl (C=O) groups is 1. The number of piperazine rings is 1. The first-order valence-corrected chi connectivity index (χ1v) is 15.8. The monoisotopic (exact) mass is 620 g/mol. The van der Waals surface area contributed by atoms with Gasteiger partial charge in [0.15, 0.2) is 5.82 Å². The van der Waals surface area contributed by atoms with Gasteiger partial charge in [0, 0.05) is 62.2 Å². The highest BCUT2D eigenvalue weighted by atomic mass is 19.1. The van der Waals surface area contributed by atoms with E-state index in [1.807, 2.05) is 42.5 Å². The van der Waals surface area contributed by atoms with Crippen molar-refractivity contribution in [2.45, 2.75) is 25.3 Å². The molecule has 236 valence electrons. The molecule has 2 saturated heterocycles. The number of aromatic nitrogens is 2. The molecule has 4 aromatic carbocycles. The Bertz CT molecular complexity index is 1850. The minimum absolute atomic E-state index is 0.176. The molecule has 1 amide bonds. The molecule has 0 radical (unpaired) electrons. The van der Waals surface area contributed by atoms with Crippen molar-refractivity contribution in [2.24, 2.45) is 0 Å². The van der Waals surface area contributed by atoms with E-state index in [4.69, 9.17) is 4.74 Å². The number of phenolic OH excluding ortho intramolecular Hbond substituents is 1. The van der Waals surface area contributed by atoms with Crippen molar-refractivity contribution in [3.63, 3.8) is 0 Å². The fourth-order valence-electron chi connectivity index (χ4n) is 6.33. The third-order valence-corrected chi connectivity index (χ3v) is 8.79. The summed E-state index contributed by atoms with van der Waals surface area (Å²) in [6, 6.07) is 23.7. The van der Waals surface area contributed by atoms with E-state index in [9.17, 15) is 14.3 Å². The van der Waals surface area contributed by atoms with Gasteiger partial charge >= 0.3 is 0 Å². The Kier molecular flexibility index (Phi) is 8.54. The topological polar surface area (TPSA) is 115 Å². The van der Waals surface area contributed by atoms with Crippen LogP contribution in [0.15, 0.2) is 78.9 Å². The molecule has 5 aromatic rings. The van der Waals surface area contributed by atoms with Crippen LogP contribution in [-0.4, -0.2) is 66.6 Å². The summed E-state index contributed by atoms with van der Waals surface area (Å²) in [6.45, 7) is 5.05. The number of benzene rings is 4. The van der Waals surface area contributed by atoms with Gasteiger partial charge in [-0.05, 0) is 96.1 Å². The van der Waals surface area contributed by atoms with Gasteiger partial charge in [-0.25, -0.2) is 4.39 Å². The highest BCUT2D eigenvalue weighted by Crippen LogP contribution is 2.34. The summed E-state index contributed by atoms with van der Waals surface area (Å²) in [4.78, 5) is 16.3.